The van der Waals surface area contributed by atoms with Crippen molar-refractivity contribution in [2.45, 2.75) is 6.92 Å². The van der Waals surface area contributed by atoms with Crippen molar-refractivity contribution >= 4 is 44.5 Å². The summed E-state index contributed by atoms with van der Waals surface area (Å²) < 4.78 is 14.2. The third kappa shape index (κ3) is 1.52. The van der Waals surface area contributed by atoms with Crippen LogP contribution in [-0.4, -0.2) is 22.7 Å². The number of pyridine rings is 1. The molecule has 1 heterocycles. The molecule has 0 aliphatic heterocycles. The molecule has 0 unspecified atom stereocenters. The fourth-order valence-electron chi connectivity index (χ4n) is 0.693. The number of aryl methyl sites for hydroxylation is 1. The van der Waals surface area contributed by atoms with E-state index in [1.807, 2.05) is 6.92 Å². The zero-order chi connectivity index (χ0) is 7.72. The van der Waals surface area contributed by atoms with Crippen LogP contribution in [-0.2, 0) is 0 Å². The second-order valence-electron chi connectivity index (χ2n) is 2.17. The van der Waals surface area contributed by atoms with Gasteiger partial charge in [-0.25, -0.2) is 0 Å². The SMILES string of the molecule is [Li][c]1c(F)ncc(C)c1I. The molecule has 0 atom stereocenters. The molecule has 0 radical (unpaired) electrons. The van der Waals surface area contributed by atoms with Crippen LogP contribution >= 0.6 is 22.6 Å². The van der Waals surface area contributed by atoms with Gasteiger partial charge in [-0.2, -0.15) is 0 Å². The molecule has 1 aromatic heterocycles. The molecule has 1 aromatic rings. The molecule has 0 fully saturated rings. The van der Waals surface area contributed by atoms with E-state index in [4.69, 9.17) is 0 Å². The summed E-state index contributed by atoms with van der Waals surface area (Å²) in [6.07, 6.45) is 1.55. The molecule has 10 heavy (non-hydrogen) atoms. The second-order valence-corrected chi connectivity index (χ2v) is 3.25. The first-order valence-corrected chi connectivity index (χ1v) is 3.98. The molecule has 0 aromatic carbocycles. The third-order valence-corrected chi connectivity index (χ3v) is 3.02. The molecule has 4 heteroatoms. The molecule has 0 aliphatic carbocycles. The Morgan fingerprint density at radius 3 is 2.80 bits per heavy atom. The first-order chi connectivity index (χ1) is 4.63. The Morgan fingerprint density at radius 1 is 1.70 bits per heavy atom. The van der Waals surface area contributed by atoms with E-state index in [2.05, 4.69) is 27.6 Å². The average molecular weight is 243 g/mol. The van der Waals surface area contributed by atoms with Gasteiger partial charge in [0.2, 0.25) is 0 Å². The van der Waals surface area contributed by atoms with E-state index in [9.17, 15) is 4.39 Å². The van der Waals surface area contributed by atoms with Gasteiger partial charge in [0.05, 0.1) is 0 Å². The van der Waals surface area contributed by atoms with Gasteiger partial charge in [-0.3, -0.25) is 0 Å². The summed E-state index contributed by atoms with van der Waals surface area (Å²) in [6, 6.07) is 0. The van der Waals surface area contributed by atoms with Crippen LogP contribution in [0.15, 0.2) is 6.20 Å². The molecule has 0 saturated heterocycles. The van der Waals surface area contributed by atoms with E-state index >= 15 is 0 Å². The van der Waals surface area contributed by atoms with Gasteiger partial charge in [0.15, 0.2) is 0 Å². The number of rotatable bonds is 0. The van der Waals surface area contributed by atoms with Crippen molar-refractivity contribution in [3.8, 4) is 0 Å². The fourth-order valence-corrected chi connectivity index (χ4v) is 1.06. The Morgan fingerprint density at radius 2 is 2.30 bits per heavy atom. The number of aromatic nitrogens is 1. The van der Waals surface area contributed by atoms with E-state index < -0.39 is 0 Å². The van der Waals surface area contributed by atoms with Crippen molar-refractivity contribution < 1.29 is 4.39 Å². The topological polar surface area (TPSA) is 12.9 Å². The van der Waals surface area contributed by atoms with Gasteiger partial charge in [-0.15, -0.1) is 0 Å². The predicted octanol–water partition coefficient (Wildman–Crippen LogP) is 0.928. The Labute approximate surface area is 81.8 Å². The molecule has 0 amide bonds. The molecule has 1 nitrogen and oxygen atoms in total. The molecule has 0 saturated carbocycles. The monoisotopic (exact) mass is 243 g/mol. The maximum atomic E-state index is 12.6. The van der Waals surface area contributed by atoms with E-state index in [1.165, 1.54) is 0 Å². The van der Waals surface area contributed by atoms with Crippen LogP contribution in [0, 0.1) is 16.4 Å². The van der Waals surface area contributed by atoms with Gasteiger partial charge in [-0.05, 0) is 0 Å². The number of nitrogens with zero attached hydrogens (tertiary/aromatic N) is 1. The van der Waals surface area contributed by atoms with Gasteiger partial charge < -0.3 is 0 Å². The summed E-state index contributed by atoms with van der Waals surface area (Å²) in [6.45, 7) is 1.92. The summed E-state index contributed by atoms with van der Waals surface area (Å²) in [5.74, 6) is -0.366. The van der Waals surface area contributed by atoms with Gasteiger partial charge >= 0.3 is 82.1 Å². The number of hydrogen-bond acceptors (Lipinski definition) is 1. The first-order valence-electron chi connectivity index (χ1n) is 2.90. The quantitative estimate of drug-likeness (QED) is 0.375. The van der Waals surface area contributed by atoms with Crippen LogP contribution in [0.3, 0.4) is 0 Å². The van der Waals surface area contributed by atoms with Crippen molar-refractivity contribution in [3.05, 3.63) is 21.3 Å². The van der Waals surface area contributed by atoms with Crippen molar-refractivity contribution in [2.24, 2.45) is 0 Å². The molecule has 1 rings (SSSR count). The van der Waals surface area contributed by atoms with Crippen LogP contribution in [0.4, 0.5) is 4.39 Å². The van der Waals surface area contributed by atoms with Crippen molar-refractivity contribution in [1.29, 1.82) is 0 Å². The summed E-state index contributed by atoms with van der Waals surface area (Å²) in [4.78, 5) is 3.57. The summed E-state index contributed by atoms with van der Waals surface area (Å²) in [5.41, 5.74) is 1.03. The summed E-state index contributed by atoms with van der Waals surface area (Å²) in [7, 11) is 0. The minimum absolute atomic E-state index is 0.366. The molecule has 0 bridgehead atoms. The van der Waals surface area contributed by atoms with Gasteiger partial charge in [0.1, 0.15) is 0 Å². The van der Waals surface area contributed by atoms with E-state index in [0.717, 1.165) is 9.13 Å². The summed E-state index contributed by atoms with van der Waals surface area (Å²) >= 11 is 3.85. The third-order valence-electron chi connectivity index (χ3n) is 1.36. The Balaban J connectivity index is 3.34. The molecule has 48 valence electrons. The minimum atomic E-state index is -0.366. The van der Waals surface area contributed by atoms with Crippen LogP contribution in [0.5, 0.6) is 0 Å². The van der Waals surface area contributed by atoms with Crippen molar-refractivity contribution in [3.63, 3.8) is 0 Å². The second kappa shape index (κ2) is 3.20. The summed E-state index contributed by atoms with van der Waals surface area (Å²) in [5, 5.41) is 0. The van der Waals surface area contributed by atoms with Gasteiger partial charge in [0, 0.05) is 0 Å². The van der Waals surface area contributed by atoms with Crippen molar-refractivity contribution in [1.82, 2.24) is 4.98 Å². The molecule has 0 aliphatic rings. The van der Waals surface area contributed by atoms with E-state index in [-0.39, 0.29) is 5.95 Å². The Bertz CT molecular complexity index is 237. The molecule has 0 N–H and O–H groups in total. The van der Waals surface area contributed by atoms with Crippen LogP contribution in [0.2, 0.25) is 0 Å². The van der Waals surface area contributed by atoms with E-state index in [1.54, 1.807) is 23.9 Å². The Hall–Kier alpha value is 0.407. The van der Waals surface area contributed by atoms with Crippen LogP contribution in [0.1, 0.15) is 5.56 Å². The van der Waals surface area contributed by atoms with Crippen molar-refractivity contribution in [2.75, 3.05) is 0 Å². The molecular weight excluding hydrogens is 239 g/mol. The number of hydrogen-bond donors (Lipinski definition) is 0. The normalized spacial score (nSPS) is 10.1. The standard InChI is InChI=1S/C6H4FIN.Li/c1-4-3-9-6(7)2-5(4)8;/h3H,1H3;. The zero-order valence-corrected chi connectivity index (χ0v) is 7.94. The Kier molecular flexibility index (Phi) is 2.72. The van der Waals surface area contributed by atoms with Crippen LogP contribution < -0.4 is 4.24 Å². The fraction of sp³-hybridized carbons (Fsp3) is 0.167. The maximum absolute atomic E-state index is 12.6. The predicted molar refractivity (Wildman–Crippen MR) is 47.0 cm³/mol. The average Bonchev–Trinajstić information content (AvgIpc) is 1.93. The van der Waals surface area contributed by atoms with Gasteiger partial charge in [0.25, 0.3) is 0 Å². The number of halogens is 2. The molecule has 0 spiro atoms. The van der Waals surface area contributed by atoms with E-state index in [0.29, 0.717) is 4.24 Å². The zero-order valence-electron chi connectivity index (χ0n) is 5.78. The first kappa shape index (κ1) is 8.50. The van der Waals surface area contributed by atoms with Crippen LogP contribution in [0.25, 0.3) is 0 Å². The van der Waals surface area contributed by atoms with Gasteiger partial charge in [-0.1, -0.05) is 0 Å². The molecular formula is C6H4FILiN.